The smallest absolute Gasteiger partial charge is 0.124 e. The zero-order chi connectivity index (χ0) is 12.3. The fourth-order valence-corrected chi connectivity index (χ4v) is 2.65. The van der Waals surface area contributed by atoms with Crippen molar-refractivity contribution in [1.29, 1.82) is 0 Å². The number of aliphatic hydroxyl groups is 1. The van der Waals surface area contributed by atoms with E-state index in [-0.39, 0.29) is 5.82 Å². The van der Waals surface area contributed by atoms with Crippen LogP contribution in [0, 0.1) is 5.82 Å². The fourth-order valence-electron chi connectivity index (χ4n) is 1.58. The second-order valence-electron chi connectivity index (χ2n) is 3.77. The average molecular weight is 248 g/mol. The summed E-state index contributed by atoms with van der Waals surface area (Å²) in [6.07, 6.45) is -0.521. The van der Waals surface area contributed by atoms with Crippen molar-refractivity contribution in [2.75, 3.05) is 0 Å². The lowest BCUT2D eigenvalue weighted by Crippen LogP contribution is -1.93. The molecule has 0 radical (unpaired) electrons. The van der Waals surface area contributed by atoms with Gasteiger partial charge >= 0.3 is 0 Å². The summed E-state index contributed by atoms with van der Waals surface area (Å²) >= 11 is 1.46. The number of hydrogen-bond donors (Lipinski definition) is 1. The number of halogens is 1. The minimum atomic E-state index is -0.521. The molecule has 1 nitrogen and oxygen atoms in total. The zero-order valence-corrected chi connectivity index (χ0v) is 10.2. The third-order valence-corrected chi connectivity index (χ3v) is 3.47. The van der Waals surface area contributed by atoms with Crippen molar-refractivity contribution in [2.24, 2.45) is 0 Å². The summed E-state index contributed by atoms with van der Waals surface area (Å²) < 4.78 is 13.1. The van der Waals surface area contributed by atoms with Crippen LogP contribution in [0.15, 0.2) is 58.3 Å². The van der Waals surface area contributed by atoms with E-state index in [0.717, 1.165) is 15.4 Å². The molecule has 0 unspecified atom stereocenters. The molecule has 1 atom stereocenters. The molecule has 0 saturated carbocycles. The summed E-state index contributed by atoms with van der Waals surface area (Å²) in [7, 11) is 0. The van der Waals surface area contributed by atoms with Crippen LogP contribution in [0.2, 0.25) is 0 Å². The van der Waals surface area contributed by atoms with Crippen LogP contribution < -0.4 is 0 Å². The molecule has 2 aromatic carbocycles. The summed E-state index contributed by atoms with van der Waals surface area (Å²) in [5.41, 5.74) is 0.863. The van der Waals surface area contributed by atoms with E-state index in [2.05, 4.69) is 0 Å². The van der Waals surface area contributed by atoms with Crippen molar-refractivity contribution in [3.05, 3.63) is 59.9 Å². The first-order valence-corrected chi connectivity index (χ1v) is 6.19. The van der Waals surface area contributed by atoms with E-state index in [4.69, 9.17) is 0 Å². The molecule has 0 aliphatic rings. The second-order valence-corrected chi connectivity index (χ2v) is 4.89. The van der Waals surface area contributed by atoms with Crippen LogP contribution in [0.1, 0.15) is 18.6 Å². The van der Waals surface area contributed by atoms with Crippen molar-refractivity contribution in [1.82, 2.24) is 0 Å². The molecular formula is C14H13FOS. The lowest BCUT2D eigenvalue weighted by atomic mass is 10.1. The Bertz CT molecular complexity index is 511. The van der Waals surface area contributed by atoms with Gasteiger partial charge in [-0.3, -0.25) is 0 Å². The normalized spacial score (nSPS) is 12.4. The van der Waals surface area contributed by atoms with E-state index in [1.807, 2.05) is 30.3 Å². The number of rotatable bonds is 3. The Balaban J connectivity index is 2.30. The second kappa shape index (κ2) is 5.34. The van der Waals surface area contributed by atoms with E-state index in [0.29, 0.717) is 0 Å². The number of benzene rings is 2. The first-order valence-electron chi connectivity index (χ1n) is 5.37. The molecule has 0 saturated heterocycles. The lowest BCUT2D eigenvalue weighted by Gasteiger charge is -2.11. The van der Waals surface area contributed by atoms with Crippen LogP contribution in [0.5, 0.6) is 0 Å². The lowest BCUT2D eigenvalue weighted by molar-refractivity contribution is 0.196. The van der Waals surface area contributed by atoms with Gasteiger partial charge in [0.05, 0.1) is 6.10 Å². The molecule has 0 fully saturated rings. The van der Waals surface area contributed by atoms with E-state index >= 15 is 0 Å². The van der Waals surface area contributed by atoms with Gasteiger partial charge in [0.1, 0.15) is 5.82 Å². The van der Waals surface area contributed by atoms with Crippen molar-refractivity contribution < 1.29 is 9.50 Å². The maximum Gasteiger partial charge on any atom is 0.124 e. The van der Waals surface area contributed by atoms with E-state index in [1.54, 1.807) is 13.0 Å². The Hall–Kier alpha value is -1.32. The Morgan fingerprint density at radius 3 is 2.59 bits per heavy atom. The van der Waals surface area contributed by atoms with Crippen LogP contribution in [0.25, 0.3) is 0 Å². The van der Waals surface area contributed by atoms with E-state index < -0.39 is 6.10 Å². The van der Waals surface area contributed by atoms with Crippen LogP contribution >= 0.6 is 11.8 Å². The molecule has 1 N–H and O–H groups in total. The molecule has 2 aromatic rings. The van der Waals surface area contributed by atoms with Crippen molar-refractivity contribution in [3.63, 3.8) is 0 Å². The molecule has 2 rings (SSSR count). The zero-order valence-electron chi connectivity index (χ0n) is 9.43. The standard InChI is InChI=1S/C14H13FOS/c1-10(16)13-7-2-3-8-14(13)17-12-6-4-5-11(15)9-12/h2-10,16H,1H3/t10-/m1/s1. The van der Waals surface area contributed by atoms with Gasteiger partial charge in [0, 0.05) is 9.79 Å². The SMILES string of the molecule is C[C@@H](O)c1ccccc1Sc1cccc(F)c1. The van der Waals surface area contributed by atoms with Gasteiger partial charge in [-0.05, 0) is 36.8 Å². The third-order valence-electron chi connectivity index (χ3n) is 2.39. The molecule has 0 bridgehead atoms. The van der Waals surface area contributed by atoms with Crippen molar-refractivity contribution in [3.8, 4) is 0 Å². The third kappa shape index (κ3) is 3.08. The van der Waals surface area contributed by atoms with Crippen molar-refractivity contribution >= 4 is 11.8 Å². The highest BCUT2D eigenvalue weighted by atomic mass is 32.2. The quantitative estimate of drug-likeness (QED) is 0.885. The van der Waals surface area contributed by atoms with E-state index in [1.165, 1.54) is 23.9 Å². The predicted molar refractivity (Wildman–Crippen MR) is 67.6 cm³/mol. The average Bonchev–Trinajstić information content (AvgIpc) is 2.29. The Labute approximate surface area is 104 Å². The molecule has 0 aromatic heterocycles. The molecule has 88 valence electrons. The van der Waals surface area contributed by atoms with E-state index in [9.17, 15) is 9.50 Å². The van der Waals surface area contributed by atoms with Gasteiger partial charge in [-0.15, -0.1) is 0 Å². The molecule has 0 spiro atoms. The first-order chi connectivity index (χ1) is 8.16. The van der Waals surface area contributed by atoms with Crippen LogP contribution in [-0.4, -0.2) is 5.11 Å². The largest absolute Gasteiger partial charge is 0.389 e. The highest BCUT2D eigenvalue weighted by Gasteiger charge is 2.08. The first kappa shape index (κ1) is 12.1. The van der Waals surface area contributed by atoms with Gasteiger partial charge in [0.15, 0.2) is 0 Å². The maximum atomic E-state index is 13.1. The fraction of sp³-hybridized carbons (Fsp3) is 0.143. The molecule has 0 amide bonds. The van der Waals surface area contributed by atoms with Gasteiger partial charge in [-0.2, -0.15) is 0 Å². The van der Waals surface area contributed by atoms with Gasteiger partial charge < -0.3 is 5.11 Å². The monoisotopic (exact) mass is 248 g/mol. The van der Waals surface area contributed by atoms with Gasteiger partial charge in [-0.25, -0.2) is 4.39 Å². The molecule has 0 heterocycles. The topological polar surface area (TPSA) is 20.2 Å². The summed E-state index contributed by atoms with van der Waals surface area (Å²) in [6.45, 7) is 1.73. The van der Waals surface area contributed by atoms with Crippen LogP contribution in [-0.2, 0) is 0 Å². The minimum Gasteiger partial charge on any atom is -0.389 e. The summed E-state index contributed by atoms with van der Waals surface area (Å²) in [4.78, 5) is 1.78. The molecular weight excluding hydrogens is 235 g/mol. The van der Waals surface area contributed by atoms with Gasteiger partial charge in [-0.1, -0.05) is 36.0 Å². The Kier molecular flexibility index (Phi) is 3.82. The Morgan fingerprint density at radius 1 is 1.12 bits per heavy atom. The van der Waals surface area contributed by atoms with Crippen LogP contribution in [0.4, 0.5) is 4.39 Å². The number of hydrogen-bond acceptors (Lipinski definition) is 2. The Morgan fingerprint density at radius 2 is 1.88 bits per heavy atom. The highest BCUT2D eigenvalue weighted by Crippen LogP contribution is 2.33. The minimum absolute atomic E-state index is 0.246. The summed E-state index contributed by atoms with van der Waals surface area (Å²) in [5, 5.41) is 9.65. The maximum absolute atomic E-state index is 13.1. The van der Waals surface area contributed by atoms with Gasteiger partial charge in [0.2, 0.25) is 0 Å². The van der Waals surface area contributed by atoms with Gasteiger partial charge in [0.25, 0.3) is 0 Å². The highest BCUT2D eigenvalue weighted by molar-refractivity contribution is 7.99. The molecule has 0 aliphatic heterocycles. The molecule has 3 heteroatoms. The molecule has 0 aliphatic carbocycles. The molecule has 17 heavy (non-hydrogen) atoms. The predicted octanol–water partition coefficient (Wildman–Crippen LogP) is 4.03. The number of aliphatic hydroxyl groups excluding tert-OH is 1. The summed E-state index contributed by atoms with van der Waals surface area (Å²) in [5.74, 6) is -0.246. The van der Waals surface area contributed by atoms with Crippen molar-refractivity contribution in [2.45, 2.75) is 22.8 Å². The summed E-state index contributed by atoms with van der Waals surface area (Å²) in [6, 6.07) is 14.1. The van der Waals surface area contributed by atoms with Crippen LogP contribution in [0.3, 0.4) is 0 Å².